The SMILES string of the molecule is CCOC(=O)C1=C(C)Nc2snc(CCCOCc3ccccc3)c2C1c1cccc([N+](=O)[O-])c1. The summed E-state index contributed by atoms with van der Waals surface area (Å²) in [5, 5.41) is 15.6. The quantitative estimate of drug-likeness (QED) is 0.170. The Labute approximate surface area is 207 Å². The van der Waals surface area contributed by atoms with Crippen LogP contribution < -0.4 is 5.32 Å². The van der Waals surface area contributed by atoms with Crippen LogP contribution in [-0.2, 0) is 27.3 Å². The van der Waals surface area contributed by atoms with Gasteiger partial charge in [0.15, 0.2) is 0 Å². The zero-order valence-electron chi connectivity index (χ0n) is 19.7. The van der Waals surface area contributed by atoms with Crippen molar-refractivity contribution in [3.05, 3.63) is 98.4 Å². The Morgan fingerprint density at radius 1 is 1.20 bits per heavy atom. The second-order valence-corrected chi connectivity index (χ2v) is 8.96. The summed E-state index contributed by atoms with van der Waals surface area (Å²) in [7, 11) is 0. The normalized spacial score (nSPS) is 14.9. The summed E-state index contributed by atoms with van der Waals surface area (Å²) in [4.78, 5) is 24.0. The Balaban J connectivity index is 1.60. The molecule has 1 aromatic heterocycles. The van der Waals surface area contributed by atoms with Crippen molar-refractivity contribution < 1.29 is 19.2 Å². The van der Waals surface area contributed by atoms with Crippen LogP contribution in [0.4, 0.5) is 10.7 Å². The van der Waals surface area contributed by atoms with Crippen molar-refractivity contribution in [1.82, 2.24) is 4.37 Å². The number of carbonyl (C=O) groups is 1. The van der Waals surface area contributed by atoms with Crippen LogP contribution in [0.2, 0.25) is 0 Å². The Kier molecular flexibility index (Phi) is 7.89. The number of rotatable bonds is 10. The minimum atomic E-state index is -0.510. The second kappa shape index (κ2) is 11.2. The molecule has 8 nitrogen and oxygen atoms in total. The fourth-order valence-corrected chi connectivity index (χ4v) is 5.16. The second-order valence-electron chi connectivity index (χ2n) is 8.18. The third-order valence-corrected chi connectivity index (χ3v) is 6.62. The molecule has 1 N–H and O–H groups in total. The molecule has 3 aromatic rings. The molecule has 0 radical (unpaired) electrons. The van der Waals surface area contributed by atoms with Crippen molar-refractivity contribution in [3.63, 3.8) is 0 Å². The fraction of sp³-hybridized carbons (Fsp3) is 0.308. The number of benzene rings is 2. The van der Waals surface area contributed by atoms with Crippen molar-refractivity contribution in [2.75, 3.05) is 18.5 Å². The number of nitro groups is 1. The minimum Gasteiger partial charge on any atom is -0.463 e. The molecule has 0 bridgehead atoms. The van der Waals surface area contributed by atoms with Crippen molar-refractivity contribution in [3.8, 4) is 0 Å². The summed E-state index contributed by atoms with van der Waals surface area (Å²) in [6, 6.07) is 16.4. The molecule has 0 fully saturated rings. The Bertz CT molecular complexity index is 1240. The first-order chi connectivity index (χ1) is 17.0. The minimum absolute atomic E-state index is 0.0255. The van der Waals surface area contributed by atoms with E-state index >= 15 is 0 Å². The number of non-ortho nitro benzene ring substituents is 1. The van der Waals surface area contributed by atoms with Crippen LogP contribution in [0.5, 0.6) is 0 Å². The van der Waals surface area contributed by atoms with Crippen LogP contribution in [0.15, 0.2) is 65.9 Å². The molecule has 0 amide bonds. The van der Waals surface area contributed by atoms with Crippen LogP contribution in [-0.4, -0.2) is 28.5 Å². The van der Waals surface area contributed by atoms with Gasteiger partial charge in [0.05, 0.1) is 29.4 Å². The van der Waals surface area contributed by atoms with Gasteiger partial charge >= 0.3 is 5.97 Å². The first-order valence-electron chi connectivity index (χ1n) is 11.5. The lowest BCUT2D eigenvalue weighted by Gasteiger charge is -2.28. The summed E-state index contributed by atoms with van der Waals surface area (Å²) in [5.74, 6) is -0.952. The summed E-state index contributed by atoms with van der Waals surface area (Å²) < 4.78 is 15.9. The van der Waals surface area contributed by atoms with E-state index in [1.807, 2.05) is 43.3 Å². The number of aryl methyl sites for hydroxylation is 1. The summed E-state index contributed by atoms with van der Waals surface area (Å²) in [5.41, 5.74) is 4.58. The highest BCUT2D eigenvalue weighted by molar-refractivity contribution is 7.10. The molecule has 35 heavy (non-hydrogen) atoms. The molecule has 1 unspecified atom stereocenters. The van der Waals surface area contributed by atoms with Gasteiger partial charge in [-0.1, -0.05) is 42.5 Å². The molecule has 0 aliphatic carbocycles. The smallest absolute Gasteiger partial charge is 0.336 e. The van der Waals surface area contributed by atoms with E-state index in [4.69, 9.17) is 9.47 Å². The van der Waals surface area contributed by atoms with Gasteiger partial charge in [0.1, 0.15) is 5.00 Å². The Morgan fingerprint density at radius 2 is 2.00 bits per heavy atom. The standard InChI is InChI=1S/C26H27N3O5S/c1-3-34-26(30)22-17(2)27-25-24(23(22)19-11-7-12-20(15-19)29(31)32)21(28-35-25)13-8-14-33-16-18-9-5-4-6-10-18/h4-7,9-12,15,23,27H,3,8,13-14,16H2,1-2H3. The highest BCUT2D eigenvalue weighted by Gasteiger charge is 2.37. The van der Waals surface area contributed by atoms with E-state index < -0.39 is 16.8 Å². The highest BCUT2D eigenvalue weighted by Crippen LogP contribution is 2.46. The maximum atomic E-state index is 13.0. The molecule has 2 aromatic carbocycles. The predicted octanol–water partition coefficient (Wildman–Crippen LogP) is 5.60. The molecule has 0 saturated carbocycles. The van der Waals surface area contributed by atoms with Gasteiger partial charge in [-0.3, -0.25) is 10.1 Å². The number of nitrogens with zero attached hydrogens (tertiary/aromatic N) is 2. The number of carbonyl (C=O) groups excluding carboxylic acids is 1. The van der Waals surface area contributed by atoms with Crippen LogP contribution in [0.25, 0.3) is 0 Å². The van der Waals surface area contributed by atoms with Gasteiger partial charge in [0.2, 0.25) is 0 Å². The van der Waals surface area contributed by atoms with E-state index in [2.05, 4.69) is 9.69 Å². The number of nitro benzene ring substituents is 1. The van der Waals surface area contributed by atoms with E-state index in [1.165, 1.54) is 23.7 Å². The lowest BCUT2D eigenvalue weighted by Crippen LogP contribution is -2.24. The number of allylic oxidation sites excluding steroid dienone is 1. The maximum Gasteiger partial charge on any atom is 0.336 e. The molecule has 1 aliphatic heterocycles. The number of anilines is 1. The van der Waals surface area contributed by atoms with Crippen molar-refractivity contribution in [2.24, 2.45) is 0 Å². The number of esters is 1. The van der Waals surface area contributed by atoms with E-state index in [-0.39, 0.29) is 12.3 Å². The zero-order chi connectivity index (χ0) is 24.8. The average Bonchev–Trinajstić information content (AvgIpc) is 3.26. The van der Waals surface area contributed by atoms with Gasteiger partial charge in [-0.25, -0.2) is 4.79 Å². The Morgan fingerprint density at radius 3 is 2.74 bits per heavy atom. The summed E-state index contributed by atoms with van der Waals surface area (Å²) >= 11 is 1.33. The van der Waals surface area contributed by atoms with Gasteiger partial charge in [0, 0.05) is 35.9 Å². The predicted molar refractivity (Wildman–Crippen MR) is 134 cm³/mol. The molecule has 9 heteroatoms. The van der Waals surface area contributed by atoms with Crippen LogP contribution in [0.3, 0.4) is 0 Å². The third kappa shape index (κ3) is 5.58. The highest BCUT2D eigenvalue weighted by atomic mass is 32.1. The number of nitrogens with one attached hydrogen (secondary N) is 1. The molecule has 4 rings (SSSR count). The van der Waals surface area contributed by atoms with Crippen molar-refractivity contribution in [1.29, 1.82) is 0 Å². The number of fused-ring (bicyclic) bond motifs is 1. The van der Waals surface area contributed by atoms with Gasteiger partial charge in [-0.15, -0.1) is 0 Å². The van der Waals surface area contributed by atoms with Gasteiger partial charge < -0.3 is 14.8 Å². The van der Waals surface area contributed by atoms with E-state index in [9.17, 15) is 14.9 Å². The van der Waals surface area contributed by atoms with Crippen molar-refractivity contribution in [2.45, 2.75) is 39.2 Å². The van der Waals surface area contributed by atoms with Crippen LogP contribution in [0.1, 0.15) is 48.6 Å². The fourth-order valence-electron chi connectivity index (χ4n) is 4.23. The van der Waals surface area contributed by atoms with Crippen LogP contribution in [0, 0.1) is 10.1 Å². The average molecular weight is 494 g/mol. The number of aromatic nitrogens is 1. The van der Waals surface area contributed by atoms with E-state index in [0.29, 0.717) is 36.5 Å². The lowest BCUT2D eigenvalue weighted by atomic mass is 9.81. The first-order valence-corrected chi connectivity index (χ1v) is 12.3. The summed E-state index contributed by atoms with van der Waals surface area (Å²) in [6.07, 6.45) is 1.41. The first kappa shape index (κ1) is 24.6. The maximum absolute atomic E-state index is 13.0. The lowest BCUT2D eigenvalue weighted by molar-refractivity contribution is -0.384. The van der Waals surface area contributed by atoms with Crippen LogP contribution >= 0.6 is 11.5 Å². The number of hydrogen-bond donors (Lipinski definition) is 1. The zero-order valence-corrected chi connectivity index (χ0v) is 20.5. The molecule has 0 saturated heterocycles. The Hall–Kier alpha value is -3.56. The number of hydrogen-bond acceptors (Lipinski definition) is 8. The van der Waals surface area contributed by atoms with Gasteiger partial charge in [-0.05, 0) is 49.3 Å². The largest absolute Gasteiger partial charge is 0.463 e. The monoisotopic (exact) mass is 493 g/mol. The van der Waals surface area contributed by atoms with E-state index in [1.54, 1.807) is 13.0 Å². The third-order valence-electron chi connectivity index (χ3n) is 5.81. The van der Waals surface area contributed by atoms with Crippen molar-refractivity contribution >= 4 is 28.2 Å². The molecule has 2 heterocycles. The van der Waals surface area contributed by atoms with Gasteiger partial charge in [0.25, 0.3) is 5.69 Å². The molecule has 1 aliphatic rings. The van der Waals surface area contributed by atoms with Gasteiger partial charge in [-0.2, -0.15) is 4.37 Å². The molecular formula is C26H27N3O5S. The topological polar surface area (TPSA) is 104 Å². The van der Waals surface area contributed by atoms with E-state index in [0.717, 1.165) is 28.2 Å². The number of ether oxygens (including phenoxy) is 2. The molecular weight excluding hydrogens is 466 g/mol. The molecule has 0 spiro atoms. The molecule has 1 atom stereocenters. The summed E-state index contributed by atoms with van der Waals surface area (Å²) in [6.45, 7) is 4.91. The molecule has 182 valence electrons.